The lowest BCUT2D eigenvalue weighted by Gasteiger charge is -2.15. The zero-order valence-corrected chi connectivity index (χ0v) is 14.6. The van der Waals surface area contributed by atoms with Crippen LogP contribution in [0, 0.1) is 5.92 Å². The molecule has 2 aromatic rings. The molecule has 0 unspecified atom stereocenters. The SMILES string of the molecule is COc1cc(-c2nnc3n2N=C(C2CC2)CS3)cc(OC)c1OC. The van der Waals surface area contributed by atoms with Crippen LogP contribution >= 0.6 is 11.8 Å². The number of rotatable bonds is 5. The van der Waals surface area contributed by atoms with Crippen molar-refractivity contribution in [1.29, 1.82) is 0 Å². The molecule has 7 nitrogen and oxygen atoms in total. The standard InChI is InChI=1S/C16H18N4O3S/c1-21-12-6-10(7-13(22-2)14(12)23-3)15-17-18-16-20(15)19-11(8-24-16)9-4-5-9/h6-7,9H,4-5,8H2,1-3H3. The molecule has 1 aliphatic carbocycles. The number of ether oxygens (including phenoxy) is 3. The van der Waals surface area contributed by atoms with E-state index < -0.39 is 0 Å². The fourth-order valence-electron chi connectivity index (χ4n) is 2.75. The predicted molar refractivity (Wildman–Crippen MR) is 91.4 cm³/mol. The molecular formula is C16H18N4O3S. The van der Waals surface area contributed by atoms with Gasteiger partial charge >= 0.3 is 0 Å². The predicted octanol–water partition coefficient (Wildman–Crippen LogP) is 2.69. The van der Waals surface area contributed by atoms with Gasteiger partial charge in [-0.05, 0) is 30.9 Å². The first kappa shape index (κ1) is 15.3. The van der Waals surface area contributed by atoms with Crippen molar-refractivity contribution in [3.05, 3.63) is 12.1 Å². The number of methoxy groups -OCH3 is 3. The lowest BCUT2D eigenvalue weighted by atomic mass is 10.1. The average Bonchev–Trinajstić information content (AvgIpc) is 3.39. The first-order valence-electron chi connectivity index (χ1n) is 7.71. The fraction of sp³-hybridized carbons (Fsp3) is 0.438. The Morgan fingerprint density at radius 1 is 1.04 bits per heavy atom. The average molecular weight is 346 g/mol. The quantitative estimate of drug-likeness (QED) is 0.829. The third-order valence-corrected chi connectivity index (χ3v) is 5.11. The number of aromatic nitrogens is 3. The molecule has 0 saturated heterocycles. The van der Waals surface area contributed by atoms with E-state index in [1.165, 1.54) is 18.6 Å². The normalized spacial score (nSPS) is 16.4. The van der Waals surface area contributed by atoms with E-state index in [-0.39, 0.29) is 0 Å². The van der Waals surface area contributed by atoms with Crippen molar-refractivity contribution in [2.75, 3.05) is 27.1 Å². The van der Waals surface area contributed by atoms with Crippen LogP contribution in [-0.2, 0) is 0 Å². The van der Waals surface area contributed by atoms with Crippen LogP contribution in [0.15, 0.2) is 22.4 Å². The van der Waals surface area contributed by atoms with Gasteiger partial charge in [0, 0.05) is 11.3 Å². The Labute approximate surface area is 144 Å². The molecular weight excluding hydrogens is 328 g/mol. The van der Waals surface area contributed by atoms with E-state index >= 15 is 0 Å². The number of nitrogens with zero attached hydrogens (tertiary/aromatic N) is 4. The summed E-state index contributed by atoms with van der Waals surface area (Å²) in [5.74, 6) is 3.92. The second kappa shape index (κ2) is 6.01. The minimum Gasteiger partial charge on any atom is -0.493 e. The van der Waals surface area contributed by atoms with Crippen LogP contribution in [0.25, 0.3) is 11.4 Å². The highest BCUT2D eigenvalue weighted by Crippen LogP contribution is 2.42. The van der Waals surface area contributed by atoms with Gasteiger partial charge in [0.15, 0.2) is 17.3 Å². The Hall–Kier alpha value is -2.22. The Kier molecular flexibility index (Phi) is 3.84. The van der Waals surface area contributed by atoms with E-state index in [1.807, 2.05) is 16.8 Å². The van der Waals surface area contributed by atoms with Gasteiger partial charge in [0.1, 0.15) is 0 Å². The summed E-state index contributed by atoms with van der Waals surface area (Å²) in [5.41, 5.74) is 2.05. The highest BCUT2D eigenvalue weighted by Gasteiger charge is 2.31. The van der Waals surface area contributed by atoms with E-state index in [2.05, 4.69) is 10.2 Å². The third-order valence-electron chi connectivity index (χ3n) is 4.16. The van der Waals surface area contributed by atoms with Crippen LogP contribution in [0.2, 0.25) is 0 Å². The molecule has 24 heavy (non-hydrogen) atoms. The molecule has 0 spiro atoms. The van der Waals surface area contributed by atoms with E-state index in [0.29, 0.717) is 29.0 Å². The zero-order chi connectivity index (χ0) is 16.7. The summed E-state index contributed by atoms with van der Waals surface area (Å²) in [7, 11) is 4.78. The van der Waals surface area contributed by atoms with E-state index in [4.69, 9.17) is 19.3 Å². The minimum absolute atomic E-state index is 0.554. The van der Waals surface area contributed by atoms with Gasteiger partial charge in [-0.3, -0.25) is 0 Å². The maximum absolute atomic E-state index is 5.43. The second-order valence-electron chi connectivity index (χ2n) is 5.69. The van der Waals surface area contributed by atoms with Gasteiger partial charge in [0.25, 0.3) is 0 Å². The molecule has 1 aromatic carbocycles. The second-order valence-corrected chi connectivity index (χ2v) is 6.63. The molecule has 1 saturated carbocycles. The lowest BCUT2D eigenvalue weighted by Crippen LogP contribution is -2.14. The third kappa shape index (κ3) is 2.50. The van der Waals surface area contributed by atoms with Gasteiger partial charge in [-0.15, -0.1) is 10.2 Å². The van der Waals surface area contributed by atoms with Gasteiger partial charge in [-0.2, -0.15) is 9.78 Å². The molecule has 4 rings (SSSR count). The molecule has 1 aliphatic heterocycles. The molecule has 0 atom stereocenters. The molecule has 2 aliphatic rings. The van der Waals surface area contributed by atoms with Crippen molar-refractivity contribution in [3.63, 3.8) is 0 Å². The summed E-state index contributed by atoms with van der Waals surface area (Å²) in [6.45, 7) is 0. The Morgan fingerprint density at radius 3 is 2.33 bits per heavy atom. The molecule has 1 aromatic heterocycles. The smallest absolute Gasteiger partial charge is 0.212 e. The van der Waals surface area contributed by atoms with Gasteiger partial charge in [-0.25, -0.2) is 0 Å². The van der Waals surface area contributed by atoms with E-state index in [0.717, 1.165) is 16.5 Å². The summed E-state index contributed by atoms with van der Waals surface area (Å²) in [5, 5.41) is 14.2. The zero-order valence-electron chi connectivity index (χ0n) is 13.8. The molecule has 126 valence electrons. The van der Waals surface area contributed by atoms with Gasteiger partial charge < -0.3 is 14.2 Å². The van der Waals surface area contributed by atoms with Gasteiger partial charge in [-0.1, -0.05) is 11.8 Å². The summed E-state index contributed by atoms with van der Waals surface area (Å²) in [6.07, 6.45) is 2.47. The van der Waals surface area contributed by atoms with Crippen molar-refractivity contribution in [3.8, 4) is 28.6 Å². The molecule has 8 heteroatoms. The highest BCUT2D eigenvalue weighted by molar-refractivity contribution is 7.99. The molecule has 0 amide bonds. The van der Waals surface area contributed by atoms with Crippen molar-refractivity contribution in [2.24, 2.45) is 11.0 Å². The summed E-state index contributed by atoms with van der Waals surface area (Å²) in [4.78, 5) is 0. The van der Waals surface area contributed by atoms with Crippen molar-refractivity contribution in [1.82, 2.24) is 14.9 Å². The van der Waals surface area contributed by atoms with Crippen molar-refractivity contribution >= 4 is 17.5 Å². The summed E-state index contributed by atoms with van der Waals surface area (Å²) < 4.78 is 18.1. The Balaban J connectivity index is 1.82. The van der Waals surface area contributed by atoms with Crippen molar-refractivity contribution in [2.45, 2.75) is 18.0 Å². The van der Waals surface area contributed by atoms with Crippen LogP contribution in [0.1, 0.15) is 12.8 Å². The van der Waals surface area contributed by atoms with Crippen molar-refractivity contribution < 1.29 is 14.2 Å². The number of thioether (sulfide) groups is 1. The topological polar surface area (TPSA) is 70.8 Å². The Morgan fingerprint density at radius 2 is 1.75 bits per heavy atom. The van der Waals surface area contributed by atoms with Crippen LogP contribution < -0.4 is 14.2 Å². The number of fused-ring (bicyclic) bond motifs is 1. The Bertz CT molecular complexity index is 789. The molecule has 1 fully saturated rings. The molecule has 0 radical (unpaired) electrons. The lowest BCUT2D eigenvalue weighted by molar-refractivity contribution is 0.324. The first-order chi connectivity index (χ1) is 11.7. The van der Waals surface area contributed by atoms with E-state index in [9.17, 15) is 0 Å². The monoisotopic (exact) mass is 346 g/mol. The highest BCUT2D eigenvalue weighted by atomic mass is 32.2. The maximum atomic E-state index is 5.43. The summed E-state index contributed by atoms with van der Waals surface area (Å²) in [6, 6.07) is 3.73. The number of hydrogen-bond acceptors (Lipinski definition) is 7. The maximum Gasteiger partial charge on any atom is 0.212 e. The van der Waals surface area contributed by atoms with Crippen LogP contribution in [0.3, 0.4) is 0 Å². The van der Waals surface area contributed by atoms with Gasteiger partial charge in [0.2, 0.25) is 10.9 Å². The largest absolute Gasteiger partial charge is 0.493 e. The molecule has 0 N–H and O–H groups in total. The molecule has 0 bridgehead atoms. The molecule has 2 heterocycles. The first-order valence-corrected chi connectivity index (χ1v) is 8.70. The van der Waals surface area contributed by atoms with Crippen LogP contribution in [0.5, 0.6) is 17.2 Å². The summed E-state index contributed by atoms with van der Waals surface area (Å²) >= 11 is 1.68. The number of hydrogen-bond donors (Lipinski definition) is 0. The van der Waals surface area contributed by atoms with E-state index in [1.54, 1.807) is 33.1 Å². The number of benzene rings is 1. The van der Waals surface area contributed by atoms with Crippen LogP contribution in [-0.4, -0.2) is 47.7 Å². The van der Waals surface area contributed by atoms with Crippen LogP contribution in [0.4, 0.5) is 0 Å². The minimum atomic E-state index is 0.554. The fourth-order valence-corrected chi connectivity index (χ4v) is 3.67. The van der Waals surface area contributed by atoms with Gasteiger partial charge in [0.05, 0.1) is 27.0 Å².